The largest absolute Gasteiger partial charge is 0.389 e. The molecule has 2 aromatic rings. The number of benzene rings is 1. The van der Waals surface area contributed by atoms with Gasteiger partial charge < -0.3 is 10.0 Å². The van der Waals surface area contributed by atoms with Gasteiger partial charge in [0.05, 0.1) is 29.6 Å². The van der Waals surface area contributed by atoms with E-state index < -0.39 is 23.5 Å². The number of alkyl halides is 2. The second-order valence-electron chi connectivity index (χ2n) is 5.31. The van der Waals surface area contributed by atoms with Crippen molar-refractivity contribution in [2.45, 2.75) is 25.5 Å². The van der Waals surface area contributed by atoms with E-state index in [4.69, 9.17) is 0 Å². The minimum Gasteiger partial charge on any atom is -0.389 e. The summed E-state index contributed by atoms with van der Waals surface area (Å²) in [5, 5.41) is 9.74. The van der Waals surface area contributed by atoms with Gasteiger partial charge in [0.2, 0.25) is 0 Å². The third kappa shape index (κ3) is 2.53. The lowest BCUT2D eigenvalue weighted by Crippen LogP contribution is -2.34. The molecule has 0 spiro atoms. The van der Waals surface area contributed by atoms with Crippen molar-refractivity contribution in [1.82, 2.24) is 4.98 Å². The van der Waals surface area contributed by atoms with E-state index in [9.17, 15) is 18.7 Å². The molecule has 0 saturated carbocycles. The van der Waals surface area contributed by atoms with Gasteiger partial charge in [-0.3, -0.25) is 9.78 Å². The summed E-state index contributed by atoms with van der Waals surface area (Å²) in [7, 11) is 0. The fourth-order valence-electron chi connectivity index (χ4n) is 2.70. The summed E-state index contributed by atoms with van der Waals surface area (Å²) in [5.41, 5.74) is 0.221. The number of carbonyl (C=O) groups is 1. The van der Waals surface area contributed by atoms with Gasteiger partial charge in [-0.05, 0) is 46.6 Å². The Kier molecular flexibility index (Phi) is 3.93. The van der Waals surface area contributed by atoms with Crippen molar-refractivity contribution in [3.63, 3.8) is 0 Å². The van der Waals surface area contributed by atoms with Gasteiger partial charge in [0.1, 0.15) is 0 Å². The predicted octanol–water partition coefficient (Wildman–Crippen LogP) is 3.54. The molecule has 0 radical (unpaired) electrons. The maximum atomic E-state index is 14.5. The first kappa shape index (κ1) is 16.0. The normalized spacial score (nSPS) is 17.3. The molecule has 0 bridgehead atoms. The van der Waals surface area contributed by atoms with Crippen LogP contribution in [0.3, 0.4) is 0 Å². The Labute approximate surface area is 139 Å². The Morgan fingerprint density at radius 1 is 1.35 bits per heavy atom. The molecule has 1 aliphatic rings. The van der Waals surface area contributed by atoms with Crippen LogP contribution in [0.1, 0.15) is 29.8 Å². The van der Waals surface area contributed by atoms with E-state index >= 15 is 0 Å². The monoisotopic (exact) mass is 382 g/mol. The summed E-state index contributed by atoms with van der Waals surface area (Å²) in [4.78, 5) is 17.4. The number of hydrogen-bond acceptors (Lipinski definition) is 3. The zero-order chi connectivity index (χ0) is 16.8. The molecule has 0 fully saturated rings. The number of nitrogens with zero attached hydrogens (tertiary/aromatic N) is 2. The Morgan fingerprint density at radius 2 is 2.09 bits per heavy atom. The average Bonchev–Trinajstić information content (AvgIpc) is 2.70. The lowest BCUT2D eigenvalue weighted by Gasteiger charge is -2.17. The number of halogens is 3. The zero-order valence-electron chi connectivity index (χ0n) is 12.1. The van der Waals surface area contributed by atoms with E-state index in [0.717, 1.165) is 4.90 Å². The lowest BCUT2D eigenvalue weighted by atomic mass is 9.98. The molecule has 3 rings (SSSR count). The molecule has 1 aromatic carbocycles. The van der Waals surface area contributed by atoms with Gasteiger partial charge in [-0.2, -0.15) is 8.78 Å². The van der Waals surface area contributed by atoms with Gasteiger partial charge in [0.15, 0.2) is 0 Å². The van der Waals surface area contributed by atoms with Crippen LogP contribution in [0, 0.1) is 0 Å². The van der Waals surface area contributed by atoms with Crippen LogP contribution in [0.2, 0.25) is 0 Å². The van der Waals surface area contributed by atoms with Gasteiger partial charge in [-0.15, -0.1) is 0 Å². The van der Waals surface area contributed by atoms with Crippen molar-refractivity contribution < 1.29 is 18.7 Å². The number of aliphatic hydroxyl groups is 1. The maximum Gasteiger partial charge on any atom is 0.352 e. The number of aromatic nitrogens is 1. The molecule has 1 N–H and O–H groups in total. The second kappa shape index (κ2) is 5.65. The molecule has 1 atom stereocenters. The van der Waals surface area contributed by atoms with Crippen molar-refractivity contribution in [2.75, 3.05) is 4.90 Å². The summed E-state index contributed by atoms with van der Waals surface area (Å²) >= 11 is 3.30. The number of hydrogen-bond donors (Lipinski definition) is 1. The fourth-order valence-corrected chi connectivity index (χ4v) is 3.08. The molecule has 120 valence electrons. The second-order valence-corrected chi connectivity index (χ2v) is 6.17. The van der Waals surface area contributed by atoms with E-state index in [0.29, 0.717) is 10.2 Å². The van der Waals surface area contributed by atoms with E-state index in [1.54, 1.807) is 18.2 Å². The van der Waals surface area contributed by atoms with E-state index in [1.165, 1.54) is 25.3 Å². The molecule has 0 aliphatic carbocycles. The van der Waals surface area contributed by atoms with Crippen LogP contribution in [-0.4, -0.2) is 16.0 Å². The molecule has 7 heteroatoms. The van der Waals surface area contributed by atoms with E-state index in [-0.39, 0.29) is 17.8 Å². The molecular weight excluding hydrogens is 370 g/mol. The number of rotatable bonds is 3. The minimum absolute atomic E-state index is 0.0587. The highest BCUT2D eigenvalue weighted by atomic mass is 79.9. The lowest BCUT2D eigenvalue weighted by molar-refractivity contribution is -0.141. The standard InChI is InChI=1S/C16H13BrF2N2O2/c1-9(22)10-4-2-6-13-14(10)16(18,19)15(23)21(13)8-12-11(17)5-3-7-20-12/h2-7,9,22H,8H2,1H3/t9-/m0/s1. The average molecular weight is 383 g/mol. The summed E-state index contributed by atoms with van der Waals surface area (Å²) in [6.45, 7) is 1.32. The summed E-state index contributed by atoms with van der Waals surface area (Å²) in [6.07, 6.45) is 0.441. The molecule has 0 saturated heterocycles. The van der Waals surface area contributed by atoms with Crippen LogP contribution in [-0.2, 0) is 17.3 Å². The van der Waals surface area contributed by atoms with Gasteiger partial charge in [0, 0.05) is 10.7 Å². The molecule has 1 aromatic heterocycles. The van der Waals surface area contributed by atoms with Gasteiger partial charge in [0.25, 0.3) is 0 Å². The van der Waals surface area contributed by atoms with Crippen LogP contribution < -0.4 is 4.90 Å². The summed E-state index contributed by atoms with van der Waals surface area (Å²) < 4.78 is 29.6. The van der Waals surface area contributed by atoms with Crippen molar-refractivity contribution in [3.8, 4) is 0 Å². The molecule has 1 aliphatic heterocycles. The molecule has 23 heavy (non-hydrogen) atoms. The van der Waals surface area contributed by atoms with Crippen molar-refractivity contribution in [2.24, 2.45) is 0 Å². The van der Waals surface area contributed by atoms with Crippen molar-refractivity contribution >= 4 is 27.5 Å². The van der Waals surface area contributed by atoms with Crippen molar-refractivity contribution in [1.29, 1.82) is 0 Å². The summed E-state index contributed by atoms with van der Waals surface area (Å²) in [5.74, 6) is -4.97. The Hall–Kier alpha value is -1.86. The topological polar surface area (TPSA) is 53.4 Å². The number of aliphatic hydroxyl groups excluding tert-OH is 1. The number of anilines is 1. The highest BCUT2D eigenvalue weighted by molar-refractivity contribution is 9.10. The Balaban J connectivity index is 2.11. The third-order valence-electron chi connectivity index (χ3n) is 3.79. The first-order valence-electron chi connectivity index (χ1n) is 6.94. The SMILES string of the molecule is C[C@H](O)c1cccc2c1C(F)(F)C(=O)N2Cc1ncccc1Br. The van der Waals surface area contributed by atoms with Gasteiger partial charge in [-0.25, -0.2) is 0 Å². The fraction of sp³-hybridized carbons (Fsp3) is 0.250. The number of carbonyl (C=O) groups excluding carboxylic acids is 1. The highest BCUT2D eigenvalue weighted by Gasteiger charge is 2.54. The van der Waals surface area contributed by atoms with E-state index in [2.05, 4.69) is 20.9 Å². The summed E-state index contributed by atoms with van der Waals surface area (Å²) in [6, 6.07) is 7.85. The maximum absolute atomic E-state index is 14.5. The van der Waals surface area contributed by atoms with E-state index in [1.807, 2.05) is 0 Å². The zero-order valence-corrected chi connectivity index (χ0v) is 13.7. The third-order valence-corrected chi connectivity index (χ3v) is 4.51. The van der Waals surface area contributed by atoms with Gasteiger partial charge in [-0.1, -0.05) is 12.1 Å². The highest BCUT2D eigenvalue weighted by Crippen LogP contribution is 2.47. The number of pyridine rings is 1. The van der Waals surface area contributed by atoms with Gasteiger partial charge >= 0.3 is 11.8 Å². The smallest absolute Gasteiger partial charge is 0.352 e. The minimum atomic E-state index is -3.66. The Bertz CT molecular complexity index is 780. The quantitative estimate of drug-likeness (QED) is 0.883. The molecule has 0 unspecified atom stereocenters. The first-order chi connectivity index (χ1) is 10.8. The molecular formula is C16H13BrF2N2O2. The first-order valence-corrected chi connectivity index (χ1v) is 7.74. The molecule has 4 nitrogen and oxygen atoms in total. The number of fused-ring (bicyclic) bond motifs is 1. The Morgan fingerprint density at radius 3 is 2.74 bits per heavy atom. The molecule has 2 heterocycles. The van der Waals surface area contributed by atoms with Crippen LogP contribution in [0.15, 0.2) is 41.0 Å². The number of amides is 1. The predicted molar refractivity (Wildman–Crippen MR) is 84.1 cm³/mol. The molecule has 1 amide bonds. The van der Waals surface area contributed by atoms with Crippen LogP contribution >= 0.6 is 15.9 Å². The van der Waals surface area contributed by atoms with Crippen LogP contribution in [0.25, 0.3) is 0 Å². The van der Waals surface area contributed by atoms with Crippen molar-refractivity contribution in [3.05, 3.63) is 57.8 Å². The van der Waals surface area contributed by atoms with Crippen LogP contribution in [0.4, 0.5) is 14.5 Å². The van der Waals surface area contributed by atoms with Crippen LogP contribution in [0.5, 0.6) is 0 Å².